The molecule has 0 radical (unpaired) electrons. The molecular formula is C19H22N2O3S. The molecular weight excluding hydrogens is 336 g/mol. The quantitative estimate of drug-likeness (QED) is 0.479. The number of para-hydroxylation sites is 3. The smallest absolute Gasteiger partial charge is 0.169 e. The minimum absolute atomic E-state index is 0.271. The molecule has 1 heterocycles. The fourth-order valence-electron chi connectivity index (χ4n) is 2.61. The summed E-state index contributed by atoms with van der Waals surface area (Å²) in [7, 11) is 0. The molecule has 0 saturated heterocycles. The van der Waals surface area contributed by atoms with E-state index in [0.29, 0.717) is 13.2 Å². The van der Waals surface area contributed by atoms with Gasteiger partial charge in [0.2, 0.25) is 0 Å². The lowest BCUT2D eigenvalue weighted by Crippen LogP contribution is -2.20. The molecule has 6 heteroatoms. The summed E-state index contributed by atoms with van der Waals surface area (Å²) >= 11 is 1.58. The molecule has 0 fully saturated rings. The van der Waals surface area contributed by atoms with Gasteiger partial charge in [-0.15, -0.1) is 0 Å². The number of imidazole rings is 1. The van der Waals surface area contributed by atoms with Crippen molar-refractivity contribution in [1.29, 1.82) is 0 Å². The minimum Gasteiger partial charge on any atom is -0.492 e. The van der Waals surface area contributed by atoms with E-state index in [4.69, 9.17) is 9.84 Å². The molecule has 0 saturated carbocycles. The summed E-state index contributed by atoms with van der Waals surface area (Å²) in [6.07, 6.45) is -0.805. The Kier molecular flexibility index (Phi) is 5.96. The van der Waals surface area contributed by atoms with Crippen LogP contribution in [-0.4, -0.2) is 44.8 Å². The largest absolute Gasteiger partial charge is 0.492 e. The Labute approximate surface area is 151 Å². The normalized spacial score (nSPS) is 12.4. The van der Waals surface area contributed by atoms with Crippen molar-refractivity contribution in [2.45, 2.75) is 24.7 Å². The number of benzene rings is 2. The van der Waals surface area contributed by atoms with Gasteiger partial charge < -0.3 is 19.5 Å². The molecule has 0 spiro atoms. The van der Waals surface area contributed by atoms with Crippen LogP contribution in [0.25, 0.3) is 11.0 Å². The van der Waals surface area contributed by atoms with Gasteiger partial charge in [-0.3, -0.25) is 0 Å². The Morgan fingerprint density at radius 2 is 1.92 bits per heavy atom. The third-order valence-electron chi connectivity index (χ3n) is 3.89. The van der Waals surface area contributed by atoms with Crippen molar-refractivity contribution in [1.82, 2.24) is 9.55 Å². The second kappa shape index (κ2) is 8.38. The van der Waals surface area contributed by atoms with Gasteiger partial charge in [-0.1, -0.05) is 42.1 Å². The number of hydrogen-bond donors (Lipinski definition) is 2. The van der Waals surface area contributed by atoms with Gasteiger partial charge in [0.05, 0.1) is 36.9 Å². The first kappa shape index (κ1) is 17.8. The zero-order valence-corrected chi connectivity index (χ0v) is 14.9. The van der Waals surface area contributed by atoms with Crippen molar-refractivity contribution in [2.75, 3.05) is 19.0 Å². The number of aliphatic hydroxyl groups excluding tert-OH is 2. The highest BCUT2D eigenvalue weighted by molar-refractivity contribution is 7.99. The van der Waals surface area contributed by atoms with Crippen LogP contribution < -0.4 is 4.74 Å². The van der Waals surface area contributed by atoms with E-state index in [0.717, 1.165) is 33.3 Å². The molecule has 0 aliphatic heterocycles. The molecule has 25 heavy (non-hydrogen) atoms. The van der Waals surface area contributed by atoms with Crippen LogP contribution in [0.5, 0.6) is 5.75 Å². The number of rotatable bonds is 8. The van der Waals surface area contributed by atoms with Crippen LogP contribution in [0.3, 0.4) is 0 Å². The van der Waals surface area contributed by atoms with Crippen LogP contribution in [-0.2, 0) is 6.54 Å². The van der Waals surface area contributed by atoms with Gasteiger partial charge in [-0.25, -0.2) is 4.98 Å². The van der Waals surface area contributed by atoms with Crippen molar-refractivity contribution in [2.24, 2.45) is 0 Å². The highest BCUT2D eigenvalue weighted by Crippen LogP contribution is 2.25. The first-order chi connectivity index (χ1) is 12.2. The Balaban J connectivity index is 1.68. The summed E-state index contributed by atoms with van der Waals surface area (Å²) in [6.45, 7) is 2.64. The first-order valence-corrected chi connectivity index (χ1v) is 9.23. The van der Waals surface area contributed by atoms with Crippen LogP contribution in [0, 0.1) is 6.92 Å². The summed E-state index contributed by atoms with van der Waals surface area (Å²) in [5.41, 5.74) is 2.96. The maximum absolute atomic E-state index is 9.83. The lowest BCUT2D eigenvalue weighted by atomic mass is 10.2. The van der Waals surface area contributed by atoms with Crippen LogP contribution in [0.1, 0.15) is 5.56 Å². The van der Waals surface area contributed by atoms with Crippen molar-refractivity contribution in [3.05, 3.63) is 54.1 Å². The minimum atomic E-state index is -0.805. The van der Waals surface area contributed by atoms with Crippen LogP contribution in [0.15, 0.2) is 53.7 Å². The van der Waals surface area contributed by atoms with Crippen molar-refractivity contribution in [3.8, 4) is 5.75 Å². The summed E-state index contributed by atoms with van der Waals surface area (Å²) in [6, 6.07) is 15.8. The molecule has 0 amide bonds. The summed E-state index contributed by atoms with van der Waals surface area (Å²) in [5, 5.41) is 19.8. The summed E-state index contributed by atoms with van der Waals surface area (Å²) in [4.78, 5) is 4.64. The number of aromatic nitrogens is 2. The molecule has 0 aliphatic carbocycles. The maximum Gasteiger partial charge on any atom is 0.169 e. The van der Waals surface area contributed by atoms with Gasteiger partial charge in [0.15, 0.2) is 5.16 Å². The average Bonchev–Trinajstić information content (AvgIpc) is 2.97. The Bertz CT molecular complexity index is 834. The Morgan fingerprint density at radius 1 is 1.16 bits per heavy atom. The third kappa shape index (κ3) is 4.34. The molecule has 0 bridgehead atoms. The van der Waals surface area contributed by atoms with Crippen LogP contribution in [0.4, 0.5) is 0 Å². The molecule has 3 rings (SSSR count). The number of hydrogen-bond acceptors (Lipinski definition) is 5. The second-order valence-corrected chi connectivity index (χ2v) is 6.85. The predicted octanol–water partition coefficient (Wildman–Crippen LogP) is 2.87. The van der Waals surface area contributed by atoms with Crippen molar-refractivity contribution in [3.63, 3.8) is 0 Å². The molecule has 3 aromatic rings. The Hall–Kier alpha value is -2.02. The number of aliphatic hydroxyl groups is 2. The standard InChI is InChI=1S/C19H22N2O3S/c1-14-6-2-5-9-18(14)24-10-11-25-19-20-16-7-3-4-8-17(16)21(19)12-15(23)13-22/h2-9,15,22-23H,10-13H2,1H3/t15-/m1/s1. The molecule has 0 unspecified atom stereocenters. The summed E-state index contributed by atoms with van der Waals surface area (Å²) in [5.74, 6) is 1.64. The zero-order chi connectivity index (χ0) is 17.6. The van der Waals surface area contributed by atoms with E-state index in [1.54, 1.807) is 11.8 Å². The van der Waals surface area contributed by atoms with E-state index < -0.39 is 6.10 Å². The number of aryl methyl sites for hydroxylation is 1. The number of thioether (sulfide) groups is 1. The monoisotopic (exact) mass is 358 g/mol. The van der Waals surface area contributed by atoms with Gasteiger partial charge >= 0.3 is 0 Å². The summed E-state index contributed by atoms with van der Waals surface area (Å²) < 4.78 is 7.78. The maximum atomic E-state index is 9.83. The van der Waals surface area contributed by atoms with E-state index in [2.05, 4.69) is 4.98 Å². The van der Waals surface area contributed by atoms with Crippen molar-refractivity contribution < 1.29 is 14.9 Å². The predicted molar refractivity (Wildman–Crippen MR) is 100 cm³/mol. The molecule has 0 aliphatic rings. The molecule has 1 aromatic heterocycles. The van der Waals surface area contributed by atoms with Gasteiger partial charge in [-0.2, -0.15) is 0 Å². The van der Waals surface area contributed by atoms with Gasteiger partial charge in [0.25, 0.3) is 0 Å². The molecule has 2 N–H and O–H groups in total. The molecule has 132 valence electrons. The second-order valence-electron chi connectivity index (χ2n) is 5.79. The number of ether oxygens (including phenoxy) is 1. The van der Waals surface area contributed by atoms with E-state index in [-0.39, 0.29) is 6.61 Å². The number of nitrogens with zero attached hydrogens (tertiary/aromatic N) is 2. The molecule has 5 nitrogen and oxygen atoms in total. The Morgan fingerprint density at radius 3 is 2.72 bits per heavy atom. The topological polar surface area (TPSA) is 67.5 Å². The first-order valence-electron chi connectivity index (χ1n) is 8.24. The SMILES string of the molecule is Cc1ccccc1OCCSc1nc2ccccc2n1C[C@@H](O)CO. The van der Waals surface area contributed by atoms with E-state index in [1.807, 2.05) is 60.0 Å². The van der Waals surface area contributed by atoms with Crippen LogP contribution in [0.2, 0.25) is 0 Å². The lowest BCUT2D eigenvalue weighted by Gasteiger charge is -2.13. The lowest BCUT2D eigenvalue weighted by molar-refractivity contribution is 0.0802. The molecule has 2 aromatic carbocycles. The fourth-order valence-corrected chi connectivity index (χ4v) is 3.45. The van der Waals surface area contributed by atoms with Crippen molar-refractivity contribution >= 4 is 22.8 Å². The zero-order valence-electron chi connectivity index (χ0n) is 14.1. The van der Waals surface area contributed by atoms with E-state index in [9.17, 15) is 5.11 Å². The van der Waals surface area contributed by atoms with E-state index >= 15 is 0 Å². The fraction of sp³-hybridized carbons (Fsp3) is 0.316. The van der Waals surface area contributed by atoms with Gasteiger partial charge in [0, 0.05) is 5.75 Å². The van der Waals surface area contributed by atoms with Gasteiger partial charge in [-0.05, 0) is 30.7 Å². The van der Waals surface area contributed by atoms with Crippen LogP contribution >= 0.6 is 11.8 Å². The average molecular weight is 358 g/mol. The highest BCUT2D eigenvalue weighted by Gasteiger charge is 2.14. The molecule has 1 atom stereocenters. The number of fused-ring (bicyclic) bond motifs is 1. The van der Waals surface area contributed by atoms with Gasteiger partial charge in [0.1, 0.15) is 5.75 Å². The third-order valence-corrected chi connectivity index (χ3v) is 4.83. The highest BCUT2D eigenvalue weighted by atomic mass is 32.2. The van der Waals surface area contributed by atoms with E-state index in [1.165, 1.54) is 0 Å².